The number of carbonyl (C=O) groups is 1. The van der Waals surface area contributed by atoms with Crippen LogP contribution in [0.3, 0.4) is 0 Å². The van der Waals surface area contributed by atoms with E-state index in [-0.39, 0.29) is 5.91 Å². The number of imidazole rings is 1. The van der Waals surface area contributed by atoms with E-state index >= 15 is 0 Å². The Morgan fingerprint density at radius 1 is 1.18 bits per heavy atom. The number of hydrogen-bond acceptors (Lipinski definition) is 5. The molecule has 7 heteroatoms. The zero-order valence-electron chi connectivity index (χ0n) is 16.0. The first kappa shape index (κ1) is 18.0. The molecule has 144 valence electrons. The number of para-hydroxylation sites is 1. The van der Waals surface area contributed by atoms with Crippen molar-refractivity contribution < 1.29 is 9.53 Å². The summed E-state index contributed by atoms with van der Waals surface area (Å²) in [5.41, 5.74) is 3.09. The van der Waals surface area contributed by atoms with E-state index in [9.17, 15) is 4.79 Å². The van der Waals surface area contributed by atoms with Crippen LogP contribution in [0.25, 0.3) is 0 Å². The average molecular weight is 377 g/mol. The third-order valence-corrected chi connectivity index (χ3v) is 4.91. The predicted octanol–water partition coefficient (Wildman–Crippen LogP) is 3.27. The Kier molecular flexibility index (Phi) is 4.97. The van der Waals surface area contributed by atoms with Gasteiger partial charge in [-0.15, -0.1) is 0 Å². The first-order valence-electron chi connectivity index (χ1n) is 9.33. The zero-order chi connectivity index (χ0) is 19.5. The lowest BCUT2D eigenvalue weighted by Gasteiger charge is -2.26. The Morgan fingerprint density at radius 2 is 2.00 bits per heavy atom. The third-order valence-electron chi connectivity index (χ3n) is 4.91. The molecule has 0 spiro atoms. The molecule has 2 N–H and O–H groups in total. The predicted molar refractivity (Wildman–Crippen MR) is 108 cm³/mol. The van der Waals surface area contributed by atoms with Crippen LogP contribution in [0.5, 0.6) is 5.88 Å². The first-order valence-corrected chi connectivity index (χ1v) is 9.33. The number of anilines is 2. The summed E-state index contributed by atoms with van der Waals surface area (Å²) in [6, 6.07) is 14.0. The van der Waals surface area contributed by atoms with Crippen molar-refractivity contribution in [3.05, 3.63) is 65.9 Å². The van der Waals surface area contributed by atoms with Crippen LogP contribution in [0.2, 0.25) is 0 Å². The van der Waals surface area contributed by atoms with E-state index in [4.69, 9.17) is 4.74 Å². The number of methoxy groups -OCH3 is 1. The number of ether oxygens (including phenoxy) is 1. The Morgan fingerprint density at radius 3 is 2.71 bits per heavy atom. The maximum absolute atomic E-state index is 12.8. The Balaban J connectivity index is 1.48. The molecular formula is C21H23N5O2. The molecule has 1 aliphatic rings. The minimum atomic E-state index is -0.169. The van der Waals surface area contributed by atoms with Crippen molar-refractivity contribution >= 4 is 17.3 Å². The fourth-order valence-electron chi connectivity index (χ4n) is 3.58. The third kappa shape index (κ3) is 3.69. The largest absolute Gasteiger partial charge is 0.481 e. The van der Waals surface area contributed by atoms with E-state index in [1.807, 2.05) is 29.7 Å². The van der Waals surface area contributed by atoms with Crippen molar-refractivity contribution in [3.8, 4) is 5.88 Å². The van der Waals surface area contributed by atoms with E-state index in [0.717, 1.165) is 36.6 Å². The van der Waals surface area contributed by atoms with Gasteiger partial charge in [0.1, 0.15) is 11.5 Å². The summed E-state index contributed by atoms with van der Waals surface area (Å²) in [7, 11) is 1.56. The molecular weight excluding hydrogens is 354 g/mol. The topological polar surface area (TPSA) is 81.1 Å². The van der Waals surface area contributed by atoms with Gasteiger partial charge >= 0.3 is 0 Å². The van der Waals surface area contributed by atoms with Gasteiger partial charge < -0.3 is 19.9 Å². The van der Waals surface area contributed by atoms with Gasteiger partial charge in [-0.3, -0.25) is 4.79 Å². The molecule has 0 fully saturated rings. The molecule has 1 aliphatic heterocycles. The number of pyridine rings is 1. The van der Waals surface area contributed by atoms with E-state index in [1.165, 1.54) is 0 Å². The van der Waals surface area contributed by atoms with Gasteiger partial charge in [0.05, 0.1) is 24.7 Å². The fraction of sp³-hybridized carbons (Fsp3) is 0.286. The van der Waals surface area contributed by atoms with Crippen molar-refractivity contribution in [1.82, 2.24) is 14.5 Å². The van der Waals surface area contributed by atoms with Crippen LogP contribution in [0.4, 0.5) is 11.4 Å². The maximum Gasteiger partial charge on any atom is 0.274 e. The Labute approximate surface area is 163 Å². The summed E-state index contributed by atoms with van der Waals surface area (Å²) < 4.78 is 7.08. The SMILES string of the molecule is COc1ccc(NC(=O)c2c(C)nc3n2CCC(Nc2ccccc2)C3)cn1. The average Bonchev–Trinajstić information content (AvgIpc) is 3.04. The highest BCUT2D eigenvalue weighted by molar-refractivity contribution is 6.03. The maximum atomic E-state index is 12.8. The second-order valence-electron chi connectivity index (χ2n) is 6.86. The van der Waals surface area contributed by atoms with Crippen LogP contribution in [0, 0.1) is 6.92 Å². The second kappa shape index (κ2) is 7.72. The number of nitrogens with one attached hydrogen (secondary N) is 2. The molecule has 1 amide bonds. The minimum absolute atomic E-state index is 0.169. The smallest absolute Gasteiger partial charge is 0.274 e. The summed E-state index contributed by atoms with van der Waals surface area (Å²) in [4.78, 5) is 21.6. The number of nitrogens with zero attached hydrogens (tertiary/aromatic N) is 3. The Bertz CT molecular complexity index is 966. The van der Waals surface area contributed by atoms with Crippen molar-refractivity contribution in [1.29, 1.82) is 0 Å². The quantitative estimate of drug-likeness (QED) is 0.713. The highest BCUT2D eigenvalue weighted by atomic mass is 16.5. The van der Waals surface area contributed by atoms with Crippen molar-refractivity contribution in [2.24, 2.45) is 0 Å². The number of fused-ring (bicyclic) bond motifs is 1. The molecule has 4 rings (SSSR count). The number of hydrogen-bond donors (Lipinski definition) is 2. The standard InChI is InChI=1S/C21H23N5O2/c1-14-20(21(27)25-17-8-9-19(28-2)22-13-17)26-11-10-16(12-18(26)23-14)24-15-6-4-3-5-7-15/h3-9,13,16,24H,10-12H2,1-2H3,(H,25,27). The van der Waals surface area contributed by atoms with Crippen LogP contribution in [-0.2, 0) is 13.0 Å². The molecule has 7 nitrogen and oxygen atoms in total. The van der Waals surface area contributed by atoms with Crippen LogP contribution in [0.1, 0.15) is 28.4 Å². The van der Waals surface area contributed by atoms with Gasteiger partial charge in [0.15, 0.2) is 0 Å². The number of carbonyl (C=O) groups excluding carboxylic acids is 1. The molecule has 0 bridgehead atoms. The molecule has 1 atom stereocenters. The molecule has 2 aromatic heterocycles. The highest BCUT2D eigenvalue weighted by Crippen LogP contribution is 2.23. The number of aromatic nitrogens is 3. The van der Waals surface area contributed by atoms with Gasteiger partial charge in [-0.1, -0.05) is 18.2 Å². The van der Waals surface area contributed by atoms with Crippen LogP contribution < -0.4 is 15.4 Å². The lowest BCUT2D eigenvalue weighted by atomic mass is 10.1. The van der Waals surface area contributed by atoms with Gasteiger partial charge in [-0.05, 0) is 31.5 Å². The van der Waals surface area contributed by atoms with E-state index in [1.54, 1.807) is 25.4 Å². The van der Waals surface area contributed by atoms with E-state index < -0.39 is 0 Å². The monoisotopic (exact) mass is 377 g/mol. The molecule has 3 heterocycles. The summed E-state index contributed by atoms with van der Waals surface area (Å²) >= 11 is 0. The highest BCUT2D eigenvalue weighted by Gasteiger charge is 2.26. The van der Waals surface area contributed by atoms with Crippen molar-refractivity contribution in [2.75, 3.05) is 17.7 Å². The molecule has 1 aromatic carbocycles. The molecule has 28 heavy (non-hydrogen) atoms. The van der Waals surface area contributed by atoms with Gasteiger partial charge in [0.2, 0.25) is 5.88 Å². The van der Waals surface area contributed by atoms with Crippen molar-refractivity contribution in [3.63, 3.8) is 0 Å². The molecule has 0 saturated carbocycles. The number of rotatable bonds is 5. The lowest BCUT2D eigenvalue weighted by molar-refractivity contribution is 0.101. The van der Waals surface area contributed by atoms with Crippen LogP contribution >= 0.6 is 0 Å². The summed E-state index contributed by atoms with van der Waals surface area (Å²) in [5, 5.41) is 6.46. The second-order valence-corrected chi connectivity index (χ2v) is 6.86. The van der Waals surface area contributed by atoms with Crippen molar-refractivity contribution in [2.45, 2.75) is 32.4 Å². The summed E-state index contributed by atoms with van der Waals surface area (Å²) in [6.45, 7) is 2.64. The van der Waals surface area contributed by atoms with Crippen LogP contribution in [-0.4, -0.2) is 33.6 Å². The molecule has 3 aromatic rings. The van der Waals surface area contributed by atoms with Crippen LogP contribution in [0.15, 0.2) is 48.7 Å². The molecule has 0 radical (unpaired) electrons. The number of benzene rings is 1. The molecule has 1 unspecified atom stereocenters. The van der Waals surface area contributed by atoms with Gasteiger partial charge in [-0.2, -0.15) is 0 Å². The zero-order valence-corrected chi connectivity index (χ0v) is 16.0. The van der Waals surface area contributed by atoms with Gasteiger partial charge in [0.25, 0.3) is 5.91 Å². The summed E-state index contributed by atoms with van der Waals surface area (Å²) in [5.74, 6) is 1.28. The van der Waals surface area contributed by atoms with Gasteiger partial charge in [-0.25, -0.2) is 9.97 Å². The summed E-state index contributed by atoms with van der Waals surface area (Å²) in [6.07, 6.45) is 3.30. The molecule has 0 saturated heterocycles. The number of aryl methyl sites for hydroxylation is 1. The Hall–Kier alpha value is -3.35. The molecule has 0 aliphatic carbocycles. The van der Waals surface area contributed by atoms with E-state index in [2.05, 4.69) is 32.7 Å². The number of amides is 1. The first-order chi connectivity index (χ1) is 13.6. The van der Waals surface area contributed by atoms with Gasteiger partial charge in [0, 0.05) is 30.8 Å². The minimum Gasteiger partial charge on any atom is -0.481 e. The van der Waals surface area contributed by atoms with E-state index in [0.29, 0.717) is 23.3 Å². The fourth-order valence-corrected chi connectivity index (χ4v) is 3.58. The lowest BCUT2D eigenvalue weighted by Crippen LogP contribution is -2.32. The normalized spacial score (nSPS) is 15.6.